The number of nitrogens with zero attached hydrogens (tertiary/aromatic N) is 2. The van der Waals surface area contributed by atoms with E-state index >= 15 is 0 Å². The smallest absolute Gasteiger partial charge is 0.344 e. The number of morpholine rings is 1. The number of benzene rings is 3. The Hall–Kier alpha value is -4.61. The number of para-hydroxylation sites is 1. The average Bonchev–Trinajstić information content (AvgIpc) is 2.93. The predicted octanol–water partition coefficient (Wildman–Crippen LogP) is 4.64. The highest BCUT2D eigenvalue weighted by Gasteiger charge is 2.23. The van der Waals surface area contributed by atoms with Crippen LogP contribution in [0, 0.1) is 17.0 Å². The molecule has 5 rings (SSSR count). The molecule has 0 aliphatic carbocycles. The molecule has 0 spiro atoms. The summed E-state index contributed by atoms with van der Waals surface area (Å²) in [4.78, 5) is 38.5. The van der Waals surface area contributed by atoms with Crippen LogP contribution in [0.15, 0.2) is 75.9 Å². The van der Waals surface area contributed by atoms with Gasteiger partial charge in [0.2, 0.25) is 0 Å². The predicted molar refractivity (Wildman–Crippen MR) is 152 cm³/mol. The minimum atomic E-state index is -0.578. The zero-order valence-corrected chi connectivity index (χ0v) is 21.7. The van der Waals surface area contributed by atoms with Crippen molar-refractivity contribution in [2.24, 2.45) is 0 Å². The van der Waals surface area contributed by atoms with E-state index in [1.807, 2.05) is 24.0 Å². The number of thiocarbonyl (C=S) groups is 1. The van der Waals surface area contributed by atoms with Crippen LogP contribution in [-0.2, 0) is 4.74 Å². The summed E-state index contributed by atoms with van der Waals surface area (Å²) in [5.41, 5.74) is 3.02. The van der Waals surface area contributed by atoms with Crippen LogP contribution in [0.2, 0.25) is 0 Å². The first kappa shape index (κ1) is 26.0. The van der Waals surface area contributed by atoms with Crippen molar-refractivity contribution < 1.29 is 18.9 Å². The fourth-order valence-corrected chi connectivity index (χ4v) is 4.72. The van der Waals surface area contributed by atoms with E-state index in [1.165, 1.54) is 12.1 Å². The van der Waals surface area contributed by atoms with Crippen molar-refractivity contribution in [2.75, 3.05) is 36.5 Å². The summed E-state index contributed by atoms with van der Waals surface area (Å²) in [6.07, 6.45) is 0. The largest absolute Gasteiger partial charge is 0.422 e. The third-order valence-electron chi connectivity index (χ3n) is 6.43. The molecule has 4 aromatic rings. The SMILES string of the molecule is Cc1cc(NC(=S)NC(=O)c2ccc(N3CCOCC3)c([N+](=O)[O-])c2)ccc1-c1cc2ccccc2oc1=O. The molecule has 10 nitrogen and oxygen atoms in total. The van der Waals surface area contributed by atoms with Gasteiger partial charge in [-0.05, 0) is 66.7 Å². The first-order valence-electron chi connectivity index (χ1n) is 12.2. The van der Waals surface area contributed by atoms with E-state index in [1.54, 1.807) is 42.5 Å². The van der Waals surface area contributed by atoms with Crippen LogP contribution >= 0.6 is 12.2 Å². The second kappa shape index (κ2) is 11.0. The van der Waals surface area contributed by atoms with E-state index in [4.69, 9.17) is 21.4 Å². The number of hydrogen-bond donors (Lipinski definition) is 2. The van der Waals surface area contributed by atoms with Gasteiger partial charge in [0.05, 0.1) is 23.7 Å². The number of rotatable bonds is 5. The molecule has 0 saturated carbocycles. The summed E-state index contributed by atoms with van der Waals surface area (Å²) in [6.45, 7) is 3.88. The fraction of sp³-hybridized carbons (Fsp3) is 0.179. The zero-order chi connectivity index (χ0) is 27.5. The number of carbonyl (C=O) groups is 1. The van der Waals surface area contributed by atoms with Gasteiger partial charge >= 0.3 is 5.63 Å². The van der Waals surface area contributed by atoms with Crippen LogP contribution in [-0.4, -0.2) is 42.2 Å². The van der Waals surface area contributed by atoms with Crippen molar-refractivity contribution in [2.45, 2.75) is 6.92 Å². The lowest BCUT2D eigenvalue weighted by molar-refractivity contribution is -0.384. The molecule has 0 unspecified atom stereocenters. The first-order chi connectivity index (χ1) is 18.8. The molecule has 1 saturated heterocycles. The van der Waals surface area contributed by atoms with Gasteiger partial charge in [-0.25, -0.2) is 4.79 Å². The Labute approximate surface area is 228 Å². The van der Waals surface area contributed by atoms with E-state index in [9.17, 15) is 19.7 Å². The Morgan fingerprint density at radius 3 is 2.54 bits per heavy atom. The van der Waals surface area contributed by atoms with Gasteiger partial charge in [0, 0.05) is 35.8 Å². The fourth-order valence-electron chi connectivity index (χ4n) is 4.51. The average molecular weight is 545 g/mol. The Kier molecular flexibility index (Phi) is 7.35. The van der Waals surface area contributed by atoms with Crippen molar-refractivity contribution >= 4 is 51.3 Å². The minimum absolute atomic E-state index is 0.0253. The third-order valence-corrected chi connectivity index (χ3v) is 6.63. The lowest BCUT2D eigenvalue weighted by Gasteiger charge is -2.28. The lowest BCUT2D eigenvalue weighted by atomic mass is 10.0. The summed E-state index contributed by atoms with van der Waals surface area (Å²) in [6, 6.07) is 18.7. The topological polar surface area (TPSA) is 127 Å². The van der Waals surface area contributed by atoms with E-state index < -0.39 is 16.5 Å². The second-order valence-electron chi connectivity index (χ2n) is 8.98. The van der Waals surface area contributed by atoms with Crippen LogP contribution in [0.25, 0.3) is 22.1 Å². The van der Waals surface area contributed by atoms with Crippen molar-refractivity contribution in [3.8, 4) is 11.1 Å². The molecule has 198 valence electrons. The number of nitro benzene ring substituents is 1. The number of nitro groups is 1. The molecular weight excluding hydrogens is 520 g/mol. The van der Waals surface area contributed by atoms with Gasteiger partial charge in [-0.2, -0.15) is 0 Å². The van der Waals surface area contributed by atoms with Crippen molar-refractivity contribution in [1.82, 2.24) is 5.32 Å². The third kappa shape index (κ3) is 5.64. The molecule has 1 amide bonds. The summed E-state index contributed by atoms with van der Waals surface area (Å²) in [7, 11) is 0. The van der Waals surface area contributed by atoms with Crippen LogP contribution < -0.4 is 21.2 Å². The van der Waals surface area contributed by atoms with Crippen molar-refractivity contribution in [3.05, 3.63) is 98.4 Å². The maximum Gasteiger partial charge on any atom is 0.344 e. The quantitative estimate of drug-likeness (QED) is 0.160. The monoisotopic (exact) mass is 544 g/mol. The zero-order valence-electron chi connectivity index (χ0n) is 20.9. The second-order valence-corrected chi connectivity index (χ2v) is 9.39. The maximum absolute atomic E-state index is 12.8. The molecule has 2 N–H and O–H groups in total. The summed E-state index contributed by atoms with van der Waals surface area (Å²) >= 11 is 5.30. The van der Waals surface area contributed by atoms with Crippen molar-refractivity contribution in [1.29, 1.82) is 0 Å². The highest BCUT2D eigenvalue weighted by atomic mass is 32.1. The van der Waals surface area contributed by atoms with Crippen LogP contribution in [0.4, 0.5) is 17.1 Å². The molecule has 3 aromatic carbocycles. The number of amides is 1. The highest BCUT2D eigenvalue weighted by Crippen LogP contribution is 2.30. The number of aryl methyl sites for hydroxylation is 1. The molecular formula is C28H24N4O6S. The van der Waals surface area contributed by atoms with Gasteiger partial charge in [0.15, 0.2) is 5.11 Å². The minimum Gasteiger partial charge on any atom is -0.422 e. The van der Waals surface area contributed by atoms with Crippen LogP contribution in [0.1, 0.15) is 15.9 Å². The summed E-state index contributed by atoms with van der Waals surface area (Å²) in [5.74, 6) is -0.578. The maximum atomic E-state index is 12.8. The number of nitrogens with one attached hydrogen (secondary N) is 2. The molecule has 1 aliphatic heterocycles. The molecule has 1 aliphatic rings. The van der Waals surface area contributed by atoms with E-state index in [-0.39, 0.29) is 16.4 Å². The molecule has 1 fully saturated rings. The van der Waals surface area contributed by atoms with Gasteiger partial charge in [-0.15, -0.1) is 0 Å². The number of ether oxygens (including phenoxy) is 1. The Morgan fingerprint density at radius 1 is 1.03 bits per heavy atom. The molecule has 1 aromatic heterocycles. The van der Waals surface area contributed by atoms with Gasteiger partial charge in [0.25, 0.3) is 11.6 Å². The van der Waals surface area contributed by atoms with Crippen LogP contribution in [0.3, 0.4) is 0 Å². The standard InChI is InChI=1S/C28H24N4O6S/c1-17-14-20(7-8-21(17)22-15-18-4-2-3-5-25(18)38-27(22)34)29-28(39)30-26(33)19-6-9-23(24(16-19)32(35)36)31-10-12-37-13-11-31/h2-9,14-16H,10-13H2,1H3,(H2,29,30,33,39). The molecule has 11 heteroatoms. The highest BCUT2D eigenvalue weighted by molar-refractivity contribution is 7.80. The van der Waals surface area contributed by atoms with Gasteiger partial charge in [-0.3, -0.25) is 20.2 Å². The number of carbonyl (C=O) groups excluding carboxylic acids is 1. The van der Waals surface area contributed by atoms with E-state index in [0.717, 1.165) is 10.9 Å². The number of fused-ring (bicyclic) bond motifs is 1. The van der Waals surface area contributed by atoms with E-state index in [2.05, 4.69) is 10.6 Å². The number of hydrogen-bond acceptors (Lipinski definition) is 8. The Bertz CT molecular complexity index is 1660. The van der Waals surface area contributed by atoms with Crippen LogP contribution in [0.5, 0.6) is 0 Å². The van der Waals surface area contributed by atoms with Gasteiger partial charge in [-0.1, -0.05) is 24.3 Å². The molecule has 0 atom stereocenters. The summed E-state index contributed by atoms with van der Waals surface area (Å²) < 4.78 is 10.8. The van der Waals surface area contributed by atoms with E-state index in [0.29, 0.717) is 54.4 Å². The Balaban J connectivity index is 1.29. The molecule has 39 heavy (non-hydrogen) atoms. The first-order valence-corrected chi connectivity index (χ1v) is 12.6. The lowest BCUT2D eigenvalue weighted by Crippen LogP contribution is -2.37. The normalized spacial score (nSPS) is 13.2. The molecule has 0 radical (unpaired) electrons. The Morgan fingerprint density at radius 2 is 1.79 bits per heavy atom. The molecule has 2 heterocycles. The molecule has 0 bridgehead atoms. The van der Waals surface area contributed by atoms with Crippen molar-refractivity contribution in [3.63, 3.8) is 0 Å². The number of anilines is 2. The van der Waals surface area contributed by atoms with Gasteiger partial charge in [0.1, 0.15) is 11.3 Å². The summed E-state index contributed by atoms with van der Waals surface area (Å²) in [5, 5.41) is 18.1. The van der Waals surface area contributed by atoms with Gasteiger partial charge < -0.3 is 19.4 Å².